The Morgan fingerprint density at radius 2 is 1.80 bits per heavy atom. The predicted octanol–water partition coefficient (Wildman–Crippen LogP) is 6.53. The Balaban J connectivity index is 1.19. The molecule has 0 saturated carbocycles. The number of fused-ring (bicyclic) bond motifs is 5. The van der Waals surface area contributed by atoms with Crippen molar-refractivity contribution in [2.75, 3.05) is 55.7 Å². The number of carbonyl (C=O) groups is 1. The quantitative estimate of drug-likeness (QED) is 0.270. The van der Waals surface area contributed by atoms with E-state index in [-0.39, 0.29) is 40.9 Å². The van der Waals surface area contributed by atoms with Crippen LogP contribution in [0.4, 0.5) is 20.7 Å². The molecular weight excluding hydrogens is 633 g/mol. The Labute approximate surface area is 294 Å². The lowest BCUT2D eigenvalue weighted by molar-refractivity contribution is 0.0122. The van der Waals surface area contributed by atoms with Crippen molar-refractivity contribution in [3.8, 4) is 17.3 Å². The van der Waals surface area contributed by atoms with E-state index in [1.54, 1.807) is 6.20 Å². The van der Waals surface area contributed by atoms with Gasteiger partial charge in [0.2, 0.25) is 0 Å². The van der Waals surface area contributed by atoms with Crippen LogP contribution in [0.5, 0.6) is 6.01 Å². The average Bonchev–Trinajstić information content (AvgIpc) is 3.64. The summed E-state index contributed by atoms with van der Waals surface area (Å²) in [6.45, 7) is 21.2. The smallest absolute Gasteiger partial charge is 0.410 e. The van der Waals surface area contributed by atoms with Crippen molar-refractivity contribution in [3.05, 3.63) is 60.1 Å². The van der Waals surface area contributed by atoms with E-state index in [2.05, 4.69) is 40.8 Å². The first kappa shape index (κ1) is 32.9. The van der Waals surface area contributed by atoms with Crippen LogP contribution in [-0.4, -0.2) is 99.9 Å². The third-order valence-corrected chi connectivity index (χ3v) is 11.1. The van der Waals surface area contributed by atoms with Crippen molar-refractivity contribution in [3.63, 3.8) is 0 Å². The molecular formula is C39H48FN7O3. The molecule has 3 aromatic rings. The van der Waals surface area contributed by atoms with E-state index < -0.39 is 11.4 Å². The Hall–Kier alpha value is -4.25. The van der Waals surface area contributed by atoms with E-state index in [4.69, 9.17) is 24.4 Å². The second-order valence-electron chi connectivity index (χ2n) is 15.9. The standard InChI is InChI=1S/C39H48FN7O3/c1-7-44-15-9-11-26-10-8-12-29(34(26)44)32-31(40)33-30(18-41-32)35(45-21-27-13-14-28(22-45)47(27)37(48)50-38(4,5)6)43-36(42-33)49-23-39-16-24(2)19-46(39)20-25(3)17-39/h8,10,12,18,27-28H,2-3,7,9,11,13-17,19-23H2,1,4-6H3. The summed E-state index contributed by atoms with van der Waals surface area (Å²) < 4.78 is 29.4. The van der Waals surface area contributed by atoms with Crippen LogP contribution in [0.2, 0.25) is 0 Å². The van der Waals surface area contributed by atoms with Gasteiger partial charge in [0.25, 0.3) is 0 Å². The van der Waals surface area contributed by atoms with Crippen LogP contribution in [0, 0.1) is 5.82 Å². The molecule has 0 spiro atoms. The second kappa shape index (κ2) is 12.2. The summed E-state index contributed by atoms with van der Waals surface area (Å²) in [6.07, 6.45) is 6.81. The maximum Gasteiger partial charge on any atom is 0.410 e. The van der Waals surface area contributed by atoms with E-state index >= 15 is 4.39 Å². The number of rotatable bonds is 6. The molecule has 0 N–H and O–H groups in total. The zero-order chi connectivity index (χ0) is 34.9. The fourth-order valence-corrected chi connectivity index (χ4v) is 9.10. The third kappa shape index (κ3) is 5.67. The van der Waals surface area contributed by atoms with Crippen molar-refractivity contribution < 1.29 is 18.7 Å². The van der Waals surface area contributed by atoms with Crippen LogP contribution in [0.3, 0.4) is 0 Å². The molecule has 11 heteroatoms. The van der Waals surface area contributed by atoms with Gasteiger partial charge in [-0.3, -0.25) is 14.8 Å². The van der Waals surface area contributed by atoms with Gasteiger partial charge in [-0.1, -0.05) is 42.5 Å². The molecule has 4 fully saturated rings. The van der Waals surface area contributed by atoms with Crippen molar-refractivity contribution >= 4 is 28.5 Å². The normalized spacial score (nSPS) is 23.1. The van der Waals surface area contributed by atoms with E-state index in [9.17, 15) is 4.79 Å². The highest BCUT2D eigenvalue weighted by Crippen LogP contribution is 2.44. The van der Waals surface area contributed by atoms with Gasteiger partial charge in [0.05, 0.1) is 23.0 Å². The van der Waals surface area contributed by atoms with Crippen LogP contribution >= 0.6 is 0 Å². The summed E-state index contributed by atoms with van der Waals surface area (Å²) in [6, 6.07) is 6.13. The molecule has 1 amide bonds. The molecule has 1 aromatic carbocycles. The molecule has 0 radical (unpaired) electrons. The fourth-order valence-electron chi connectivity index (χ4n) is 9.10. The zero-order valence-corrected chi connectivity index (χ0v) is 29.8. The highest BCUT2D eigenvalue weighted by Gasteiger charge is 2.48. The van der Waals surface area contributed by atoms with E-state index in [0.717, 1.165) is 76.0 Å². The molecule has 2 atom stereocenters. The number of pyridine rings is 1. The summed E-state index contributed by atoms with van der Waals surface area (Å²) in [5.74, 6) is 0.0969. The number of amides is 1. The largest absolute Gasteiger partial charge is 0.461 e. The van der Waals surface area contributed by atoms with Gasteiger partial charge >= 0.3 is 12.1 Å². The minimum absolute atomic E-state index is 0.0487. The van der Waals surface area contributed by atoms with Crippen LogP contribution in [0.15, 0.2) is 48.7 Å². The van der Waals surface area contributed by atoms with Crippen LogP contribution in [0.1, 0.15) is 65.4 Å². The molecule has 10 nitrogen and oxygen atoms in total. The van der Waals surface area contributed by atoms with Crippen LogP contribution < -0.4 is 14.5 Å². The number of aryl methyl sites for hydroxylation is 1. The van der Waals surface area contributed by atoms with Crippen molar-refractivity contribution in [1.82, 2.24) is 24.8 Å². The van der Waals surface area contributed by atoms with E-state index in [0.29, 0.717) is 30.9 Å². The molecule has 5 aliphatic rings. The van der Waals surface area contributed by atoms with Crippen LogP contribution in [0.25, 0.3) is 22.2 Å². The Kier molecular flexibility index (Phi) is 8.04. The number of nitrogens with zero attached hydrogens (tertiary/aromatic N) is 7. The Morgan fingerprint density at radius 1 is 1.08 bits per heavy atom. The summed E-state index contributed by atoms with van der Waals surface area (Å²) in [5.41, 5.74) is 5.03. The lowest BCUT2D eigenvalue weighted by Gasteiger charge is -2.42. The first-order chi connectivity index (χ1) is 23.9. The van der Waals surface area contributed by atoms with Crippen LogP contribution in [-0.2, 0) is 11.2 Å². The van der Waals surface area contributed by atoms with Crippen molar-refractivity contribution in [2.24, 2.45) is 0 Å². The van der Waals surface area contributed by atoms with Gasteiger partial charge in [-0.15, -0.1) is 0 Å². The van der Waals surface area contributed by atoms with E-state index in [1.807, 2.05) is 37.8 Å². The molecule has 5 aliphatic heterocycles. The minimum atomic E-state index is -0.581. The maximum absolute atomic E-state index is 17.1. The number of carbonyl (C=O) groups excluding carboxylic acids is 1. The number of halogens is 1. The van der Waals surface area contributed by atoms with Crippen molar-refractivity contribution in [2.45, 2.75) is 89.4 Å². The van der Waals surface area contributed by atoms with Crippen molar-refractivity contribution in [1.29, 1.82) is 0 Å². The van der Waals surface area contributed by atoms with Gasteiger partial charge in [0, 0.05) is 56.7 Å². The summed E-state index contributed by atoms with van der Waals surface area (Å²) in [7, 11) is 0. The topological polar surface area (TPSA) is 87.2 Å². The third-order valence-electron chi connectivity index (χ3n) is 11.1. The molecule has 50 heavy (non-hydrogen) atoms. The summed E-state index contributed by atoms with van der Waals surface area (Å²) in [5, 5.41) is 0.532. The second-order valence-corrected chi connectivity index (χ2v) is 15.9. The summed E-state index contributed by atoms with van der Waals surface area (Å²) in [4.78, 5) is 36.5. The molecule has 2 unspecified atom stereocenters. The van der Waals surface area contributed by atoms with Gasteiger partial charge in [0.1, 0.15) is 29.2 Å². The average molecular weight is 682 g/mol. The number of ether oxygens (including phenoxy) is 2. The molecule has 7 heterocycles. The van der Waals surface area contributed by atoms with Gasteiger partial charge in [-0.2, -0.15) is 9.97 Å². The first-order valence-electron chi connectivity index (χ1n) is 18.1. The number of anilines is 2. The zero-order valence-electron chi connectivity index (χ0n) is 29.8. The molecule has 0 aliphatic carbocycles. The maximum atomic E-state index is 17.1. The monoisotopic (exact) mass is 681 g/mol. The van der Waals surface area contributed by atoms with E-state index in [1.165, 1.54) is 16.7 Å². The lowest BCUT2D eigenvalue weighted by atomic mass is 9.92. The Bertz CT molecular complexity index is 1860. The predicted molar refractivity (Wildman–Crippen MR) is 193 cm³/mol. The first-order valence-corrected chi connectivity index (χ1v) is 18.1. The SMILES string of the molecule is C=C1CN2CC(=C)CC2(COc2nc(N3CC4CCC(C3)N4C(=O)OC(C)(C)C)c3cnc(-c4cccc5c4N(CC)CCC5)c(F)c3n2)C1. The number of para-hydroxylation sites is 1. The van der Waals surface area contributed by atoms with Gasteiger partial charge in [-0.05, 0) is 71.8 Å². The number of hydrogen-bond donors (Lipinski definition) is 0. The molecule has 8 rings (SSSR count). The minimum Gasteiger partial charge on any atom is -0.461 e. The number of hydrogen-bond acceptors (Lipinski definition) is 9. The lowest BCUT2D eigenvalue weighted by Crippen LogP contribution is -2.57. The molecule has 264 valence electrons. The summed E-state index contributed by atoms with van der Waals surface area (Å²) >= 11 is 0. The molecule has 2 aromatic heterocycles. The number of piperazine rings is 1. The highest BCUT2D eigenvalue weighted by atomic mass is 19.1. The van der Waals surface area contributed by atoms with Gasteiger partial charge in [-0.25, -0.2) is 9.18 Å². The highest BCUT2D eigenvalue weighted by molar-refractivity contribution is 5.93. The number of aromatic nitrogens is 3. The fraction of sp³-hybridized carbons (Fsp3) is 0.538. The number of benzene rings is 1. The van der Waals surface area contributed by atoms with Gasteiger partial charge < -0.3 is 19.3 Å². The molecule has 2 bridgehead atoms. The molecule has 4 saturated heterocycles. The Morgan fingerprint density at radius 3 is 2.48 bits per heavy atom. The van der Waals surface area contributed by atoms with Gasteiger partial charge in [0.15, 0.2) is 5.82 Å².